The molecule has 186 valence electrons. The number of aryl methyl sites for hydroxylation is 1. The van der Waals surface area contributed by atoms with Crippen molar-refractivity contribution < 1.29 is 35.5 Å². The van der Waals surface area contributed by atoms with Crippen LogP contribution in [0, 0.1) is 29.1 Å². The first-order chi connectivity index (χ1) is 17.1. The van der Waals surface area contributed by atoms with Gasteiger partial charge in [-0.15, -0.1) is 0 Å². The lowest BCUT2D eigenvalue weighted by molar-refractivity contribution is -0.185. The fourth-order valence-electron chi connectivity index (χ4n) is 3.78. The van der Waals surface area contributed by atoms with Crippen molar-refractivity contribution in [2.75, 3.05) is 0 Å². The summed E-state index contributed by atoms with van der Waals surface area (Å²) in [4.78, 5) is 0. The number of hydrogen-bond acceptors (Lipinski definition) is 1. The van der Waals surface area contributed by atoms with E-state index in [-0.39, 0.29) is 27.8 Å². The second-order valence-electron chi connectivity index (χ2n) is 8.12. The molecular weight excluding hydrogens is 485 g/mol. The standard InChI is InChI=1S/C28H19F7O/c1-2-3-17-6-11-22(27(33)26(17)32)16-4-8-19(9-5-16)28(34,35)36-20-10-12-21(24(30)15-20)18-7-13-23(29)25(31)14-18/h4-15H,2-3H2,1H3. The molecule has 0 aromatic heterocycles. The molecule has 0 aliphatic carbocycles. The van der Waals surface area contributed by atoms with Gasteiger partial charge < -0.3 is 4.74 Å². The van der Waals surface area contributed by atoms with E-state index >= 15 is 0 Å². The molecule has 36 heavy (non-hydrogen) atoms. The van der Waals surface area contributed by atoms with E-state index in [0.717, 1.165) is 42.5 Å². The van der Waals surface area contributed by atoms with Gasteiger partial charge in [0.25, 0.3) is 0 Å². The van der Waals surface area contributed by atoms with E-state index in [9.17, 15) is 30.7 Å². The zero-order valence-corrected chi connectivity index (χ0v) is 18.9. The van der Waals surface area contributed by atoms with Crippen LogP contribution in [0.2, 0.25) is 0 Å². The highest BCUT2D eigenvalue weighted by Gasteiger charge is 2.35. The van der Waals surface area contributed by atoms with Gasteiger partial charge in [0, 0.05) is 17.2 Å². The van der Waals surface area contributed by atoms with Crippen molar-refractivity contribution in [2.45, 2.75) is 25.9 Å². The van der Waals surface area contributed by atoms with E-state index in [4.69, 9.17) is 4.74 Å². The van der Waals surface area contributed by atoms with Crippen molar-refractivity contribution in [3.8, 4) is 28.0 Å². The number of halogens is 7. The van der Waals surface area contributed by atoms with Gasteiger partial charge in [0.15, 0.2) is 23.3 Å². The summed E-state index contributed by atoms with van der Waals surface area (Å²) in [7, 11) is 0. The van der Waals surface area contributed by atoms with Crippen LogP contribution in [0.5, 0.6) is 5.75 Å². The fourth-order valence-corrected chi connectivity index (χ4v) is 3.78. The Bertz CT molecular complexity index is 1400. The minimum Gasteiger partial charge on any atom is -0.429 e. The SMILES string of the molecule is CCCc1ccc(-c2ccc(C(F)(F)Oc3ccc(-c4ccc(F)c(F)c4)c(F)c3)cc2)c(F)c1F. The monoisotopic (exact) mass is 504 g/mol. The summed E-state index contributed by atoms with van der Waals surface area (Å²) in [5.74, 6) is -5.80. The number of rotatable bonds is 7. The summed E-state index contributed by atoms with van der Waals surface area (Å²) in [6, 6.07) is 12.9. The van der Waals surface area contributed by atoms with Crippen LogP contribution in [0.15, 0.2) is 72.8 Å². The summed E-state index contributed by atoms with van der Waals surface area (Å²) >= 11 is 0. The van der Waals surface area contributed by atoms with E-state index in [1.807, 2.05) is 6.92 Å². The third kappa shape index (κ3) is 5.08. The lowest BCUT2D eigenvalue weighted by Crippen LogP contribution is -2.21. The van der Waals surface area contributed by atoms with Crippen molar-refractivity contribution >= 4 is 0 Å². The van der Waals surface area contributed by atoms with Crippen LogP contribution in [-0.2, 0) is 12.5 Å². The molecule has 0 N–H and O–H groups in total. The number of ether oxygens (including phenoxy) is 1. The third-order valence-electron chi connectivity index (χ3n) is 5.63. The Labute approximate surface area is 202 Å². The lowest BCUT2D eigenvalue weighted by Gasteiger charge is -2.19. The largest absolute Gasteiger partial charge is 0.429 e. The number of hydrogen-bond donors (Lipinski definition) is 0. The summed E-state index contributed by atoms with van der Waals surface area (Å²) in [6.45, 7) is 1.83. The maximum atomic E-state index is 14.7. The van der Waals surface area contributed by atoms with Crippen LogP contribution in [0.25, 0.3) is 22.3 Å². The molecule has 0 heterocycles. The molecule has 0 saturated carbocycles. The van der Waals surface area contributed by atoms with Crippen LogP contribution < -0.4 is 4.74 Å². The predicted molar refractivity (Wildman–Crippen MR) is 122 cm³/mol. The minimum absolute atomic E-state index is 0.0201. The molecule has 0 unspecified atom stereocenters. The van der Waals surface area contributed by atoms with Crippen LogP contribution in [-0.4, -0.2) is 0 Å². The van der Waals surface area contributed by atoms with Gasteiger partial charge in [0.05, 0.1) is 5.56 Å². The van der Waals surface area contributed by atoms with Crippen molar-refractivity contribution in [1.82, 2.24) is 0 Å². The summed E-state index contributed by atoms with van der Waals surface area (Å²) in [5, 5.41) is 0. The topological polar surface area (TPSA) is 9.23 Å². The van der Waals surface area contributed by atoms with Gasteiger partial charge in [-0.2, -0.15) is 8.78 Å². The van der Waals surface area contributed by atoms with Crippen molar-refractivity contribution in [2.24, 2.45) is 0 Å². The Balaban J connectivity index is 1.55. The Morgan fingerprint density at radius 2 is 1.31 bits per heavy atom. The van der Waals surface area contributed by atoms with Crippen molar-refractivity contribution in [1.29, 1.82) is 0 Å². The molecule has 0 radical (unpaired) electrons. The molecule has 0 fully saturated rings. The maximum absolute atomic E-state index is 14.7. The molecule has 0 bridgehead atoms. The smallest absolute Gasteiger partial charge is 0.426 e. The average molecular weight is 504 g/mol. The first-order valence-electron chi connectivity index (χ1n) is 11.0. The van der Waals surface area contributed by atoms with E-state index in [1.54, 1.807) is 0 Å². The Hall–Kier alpha value is -3.81. The minimum atomic E-state index is -3.89. The van der Waals surface area contributed by atoms with Gasteiger partial charge in [-0.05, 0) is 59.5 Å². The van der Waals surface area contributed by atoms with Crippen LogP contribution in [0.3, 0.4) is 0 Å². The predicted octanol–water partition coefficient (Wildman–Crippen LogP) is 8.80. The van der Waals surface area contributed by atoms with E-state index in [0.29, 0.717) is 18.9 Å². The second-order valence-corrected chi connectivity index (χ2v) is 8.12. The lowest BCUT2D eigenvalue weighted by atomic mass is 9.99. The second kappa shape index (κ2) is 10.0. The highest BCUT2D eigenvalue weighted by atomic mass is 19.3. The van der Waals surface area contributed by atoms with E-state index < -0.39 is 46.5 Å². The Morgan fingerprint density at radius 3 is 1.94 bits per heavy atom. The highest BCUT2D eigenvalue weighted by Crippen LogP contribution is 2.35. The van der Waals surface area contributed by atoms with Gasteiger partial charge in [-0.25, -0.2) is 22.0 Å². The molecule has 1 nitrogen and oxygen atoms in total. The Morgan fingerprint density at radius 1 is 0.639 bits per heavy atom. The van der Waals surface area contributed by atoms with Crippen LogP contribution in [0.4, 0.5) is 30.7 Å². The summed E-state index contributed by atoms with van der Waals surface area (Å²) < 4.78 is 104. The van der Waals surface area contributed by atoms with Gasteiger partial charge in [0.2, 0.25) is 0 Å². The van der Waals surface area contributed by atoms with E-state index in [2.05, 4.69) is 0 Å². The zero-order valence-electron chi connectivity index (χ0n) is 18.9. The molecule has 4 rings (SSSR count). The quantitative estimate of drug-likeness (QED) is 0.229. The first-order valence-corrected chi connectivity index (χ1v) is 11.0. The summed E-state index contributed by atoms with van der Waals surface area (Å²) in [6.07, 6.45) is -2.88. The van der Waals surface area contributed by atoms with Crippen LogP contribution >= 0.6 is 0 Å². The molecule has 8 heteroatoms. The molecule has 0 spiro atoms. The third-order valence-corrected chi connectivity index (χ3v) is 5.63. The number of benzene rings is 4. The molecular formula is C28H19F7O. The normalized spacial score (nSPS) is 11.6. The molecule has 0 amide bonds. The number of alkyl halides is 2. The maximum Gasteiger partial charge on any atom is 0.426 e. The molecule has 0 aliphatic rings. The van der Waals surface area contributed by atoms with Crippen molar-refractivity contribution in [3.63, 3.8) is 0 Å². The zero-order chi connectivity index (χ0) is 26.0. The van der Waals surface area contributed by atoms with Gasteiger partial charge in [-0.1, -0.05) is 43.7 Å². The van der Waals surface area contributed by atoms with Gasteiger partial charge >= 0.3 is 6.11 Å². The fraction of sp³-hybridized carbons (Fsp3) is 0.143. The molecule has 0 atom stereocenters. The van der Waals surface area contributed by atoms with Gasteiger partial charge in [0.1, 0.15) is 11.6 Å². The van der Waals surface area contributed by atoms with Crippen molar-refractivity contribution in [3.05, 3.63) is 113 Å². The average Bonchev–Trinajstić information content (AvgIpc) is 2.84. The Kier molecular flexibility index (Phi) is 7.06. The first kappa shape index (κ1) is 25.3. The molecule has 4 aromatic carbocycles. The molecule has 0 aliphatic heterocycles. The molecule has 0 saturated heterocycles. The molecule has 4 aromatic rings. The van der Waals surface area contributed by atoms with E-state index in [1.165, 1.54) is 24.3 Å². The summed E-state index contributed by atoms with van der Waals surface area (Å²) in [5.41, 5.74) is -0.355. The highest BCUT2D eigenvalue weighted by molar-refractivity contribution is 5.66. The van der Waals surface area contributed by atoms with Crippen LogP contribution in [0.1, 0.15) is 24.5 Å². The van der Waals surface area contributed by atoms with Gasteiger partial charge in [-0.3, -0.25) is 0 Å².